The fraction of sp³-hybridized carbons (Fsp3) is 0.556. The van der Waals surface area contributed by atoms with Gasteiger partial charge in [-0.05, 0) is 40.7 Å². The summed E-state index contributed by atoms with van der Waals surface area (Å²) in [5, 5.41) is 1.88. The van der Waals surface area contributed by atoms with E-state index in [1.807, 2.05) is 18.4 Å². The molecule has 0 spiro atoms. The van der Waals surface area contributed by atoms with E-state index in [0.717, 1.165) is 9.35 Å². The van der Waals surface area contributed by atoms with Gasteiger partial charge in [-0.2, -0.15) is 0 Å². The second kappa shape index (κ2) is 5.43. The maximum atomic E-state index is 11.7. The van der Waals surface area contributed by atoms with Crippen molar-refractivity contribution >= 4 is 37.1 Å². The monoisotopic (exact) mass is 311 g/mol. The molecule has 0 radical (unpaired) electrons. The average molecular weight is 312 g/mol. The zero-order chi connectivity index (χ0) is 11.5. The van der Waals surface area contributed by atoms with Crippen LogP contribution in [0.5, 0.6) is 0 Å². The minimum atomic E-state index is -3.02. The molecule has 1 rings (SSSR count). The Morgan fingerprint density at radius 3 is 2.73 bits per heavy atom. The third kappa shape index (κ3) is 4.63. The molecule has 86 valence electrons. The standard InChI is InChI=1S/C9H14BrNO2S2/c1-7(11)3-5-15(12,13)6-9-8(10)2-4-14-9/h2,4,7H,3,5-6,11H2,1H3. The van der Waals surface area contributed by atoms with E-state index in [-0.39, 0.29) is 17.5 Å². The van der Waals surface area contributed by atoms with Crippen molar-refractivity contribution in [1.29, 1.82) is 0 Å². The topological polar surface area (TPSA) is 60.2 Å². The molecule has 1 unspecified atom stereocenters. The van der Waals surface area contributed by atoms with E-state index in [4.69, 9.17) is 5.73 Å². The van der Waals surface area contributed by atoms with E-state index in [1.165, 1.54) is 11.3 Å². The predicted octanol–water partition coefficient (Wildman–Crippen LogP) is 2.16. The highest BCUT2D eigenvalue weighted by Crippen LogP contribution is 2.25. The van der Waals surface area contributed by atoms with Gasteiger partial charge in [-0.15, -0.1) is 11.3 Å². The summed E-state index contributed by atoms with van der Waals surface area (Å²) in [5.74, 6) is 0.271. The summed E-state index contributed by atoms with van der Waals surface area (Å²) in [6, 6.07) is 1.80. The second-order valence-electron chi connectivity index (χ2n) is 3.55. The van der Waals surface area contributed by atoms with Gasteiger partial charge in [0.05, 0.1) is 11.5 Å². The van der Waals surface area contributed by atoms with Gasteiger partial charge >= 0.3 is 0 Å². The Balaban J connectivity index is 2.61. The molecule has 0 fully saturated rings. The lowest BCUT2D eigenvalue weighted by Gasteiger charge is -2.05. The van der Waals surface area contributed by atoms with Gasteiger partial charge in [0.1, 0.15) is 0 Å². The summed E-state index contributed by atoms with van der Waals surface area (Å²) in [7, 11) is -3.02. The van der Waals surface area contributed by atoms with Crippen LogP contribution in [0, 0.1) is 0 Å². The van der Waals surface area contributed by atoms with E-state index in [2.05, 4.69) is 15.9 Å². The van der Waals surface area contributed by atoms with Crippen LogP contribution in [-0.4, -0.2) is 20.2 Å². The van der Waals surface area contributed by atoms with E-state index in [0.29, 0.717) is 6.42 Å². The first kappa shape index (κ1) is 13.2. The first-order chi connectivity index (χ1) is 6.91. The normalized spacial score (nSPS) is 14.1. The first-order valence-electron chi connectivity index (χ1n) is 4.58. The van der Waals surface area contributed by atoms with Crippen molar-refractivity contribution in [1.82, 2.24) is 0 Å². The lowest BCUT2D eigenvalue weighted by Crippen LogP contribution is -2.20. The van der Waals surface area contributed by atoms with Crippen LogP contribution < -0.4 is 5.73 Å². The Morgan fingerprint density at radius 2 is 2.27 bits per heavy atom. The Bertz CT molecular complexity index is 412. The van der Waals surface area contributed by atoms with Crippen molar-refractivity contribution in [3.8, 4) is 0 Å². The van der Waals surface area contributed by atoms with Gasteiger partial charge in [-0.3, -0.25) is 0 Å². The minimum absolute atomic E-state index is 0.0634. The van der Waals surface area contributed by atoms with Crippen LogP contribution in [0.3, 0.4) is 0 Å². The maximum Gasteiger partial charge on any atom is 0.155 e. The molecule has 0 aromatic carbocycles. The van der Waals surface area contributed by atoms with Crippen molar-refractivity contribution in [2.24, 2.45) is 5.73 Å². The zero-order valence-electron chi connectivity index (χ0n) is 8.44. The molecule has 0 aliphatic carbocycles. The lowest BCUT2D eigenvalue weighted by atomic mass is 10.3. The fourth-order valence-corrected chi connectivity index (χ4v) is 4.77. The molecule has 3 nitrogen and oxygen atoms in total. The van der Waals surface area contributed by atoms with Crippen LogP contribution in [0.1, 0.15) is 18.2 Å². The number of halogens is 1. The van der Waals surface area contributed by atoms with Crippen molar-refractivity contribution in [2.45, 2.75) is 25.1 Å². The second-order valence-corrected chi connectivity index (χ2v) is 7.59. The third-order valence-corrected chi connectivity index (χ3v) is 5.62. The molecule has 2 N–H and O–H groups in total. The molecule has 1 aromatic heterocycles. The molecule has 15 heavy (non-hydrogen) atoms. The summed E-state index contributed by atoms with van der Waals surface area (Å²) in [4.78, 5) is 0.861. The molecule has 6 heteroatoms. The highest BCUT2D eigenvalue weighted by molar-refractivity contribution is 9.10. The summed E-state index contributed by atoms with van der Waals surface area (Å²) in [6.07, 6.45) is 0.519. The number of hydrogen-bond donors (Lipinski definition) is 1. The molecule has 0 saturated carbocycles. The minimum Gasteiger partial charge on any atom is -0.328 e. The molecular formula is C9H14BrNO2S2. The van der Waals surface area contributed by atoms with Crippen LogP contribution in [0.15, 0.2) is 15.9 Å². The van der Waals surface area contributed by atoms with Gasteiger partial charge in [-0.25, -0.2) is 8.42 Å². The average Bonchev–Trinajstić information content (AvgIpc) is 2.48. The van der Waals surface area contributed by atoms with Gasteiger partial charge in [0, 0.05) is 15.4 Å². The van der Waals surface area contributed by atoms with Gasteiger partial charge in [0.2, 0.25) is 0 Å². The molecule has 0 bridgehead atoms. The number of nitrogens with two attached hydrogens (primary N) is 1. The molecule has 1 heterocycles. The van der Waals surface area contributed by atoms with E-state index >= 15 is 0 Å². The van der Waals surface area contributed by atoms with Crippen molar-refractivity contribution in [3.63, 3.8) is 0 Å². The van der Waals surface area contributed by atoms with Gasteiger partial charge in [-0.1, -0.05) is 0 Å². The quantitative estimate of drug-likeness (QED) is 0.906. The Hall–Kier alpha value is 0.0900. The smallest absolute Gasteiger partial charge is 0.155 e. The first-order valence-corrected chi connectivity index (χ1v) is 8.08. The SMILES string of the molecule is CC(N)CCS(=O)(=O)Cc1sccc1Br. The number of rotatable bonds is 5. The Kier molecular flexibility index (Phi) is 4.76. The summed E-state index contributed by atoms with van der Waals surface area (Å²) in [5.41, 5.74) is 5.53. The number of sulfone groups is 1. The van der Waals surface area contributed by atoms with Crippen molar-refractivity contribution < 1.29 is 8.42 Å². The number of hydrogen-bond acceptors (Lipinski definition) is 4. The molecule has 0 saturated heterocycles. The highest BCUT2D eigenvalue weighted by atomic mass is 79.9. The summed E-state index contributed by atoms with van der Waals surface area (Å²) < 4.78 is 24.2. The van der Waals surface area contributed by atoms with E-state index in [1.54, 1.807) is 0 Å². The van der Waals surface area contributed by atoms with Crippen LogP contribution in [0.2, 0.25) is 0 Å². The molecule has 0 aliphatic heterocycles. The van der Waals surface area contributed by atoms with Gasteiger partial charge in [0.25, 0.3) is 0 Å². The van der Waals surface area contributed by atoms with E-state index in [9.17, 15) is 8.42 Å². The Labute approximate surface area is 103 Å². The maximum absolute atomic E-state index is 11.7. The van der Waals surface area contributed by atoms with E-state index < -0.39 is 9.84 Å². The Morgan fingerprint density at radius 1 is 1.60 bits per heavy atom. The van der Waals surface area contributed by atoms with Crippen LogP contribution in [-0.2, 0) is 15.6 Å². The highest BCUT2D eigenvalue weighted by Gasteiger charge is 2.15. The van der Waals surface area contributed by atoms with Gasteiger partial charge < -0.3 is 5.73 Å². The molecular weight excluding hydrogens is 298 g/mol. The molecule has 1 aromatic rings. The van der Waals surface area contributed by atoms with Crippen LogP contribution in [0.4, 0.5) is 0 Å². The largest absolute Gasteiger partial charge is 0.328 e. The molecule has 1 atom stereocenters. The van der Waals surface area contributed by atoms with Crippen molar-refractivity contribution in [3.05, 3.63) is 20.8 Å². The fourth-order valence-electron chi connectivity index (χ4n) is 1.07. The lowest BCUT2D eigenvalue weighted by molar-refractivity contribution is 0.587. The summed E-state index contributed by atoms with van der Waals surface area (Å²) >= 11 is 4.77. The molecule has 0 amide bonds. The summed E-state index contributed by atoms with van der Waals surface area (Å²) in [6.45, 7) is 1.82. The van der Waals surface area contributed by atoms with Gasteiger partial charge in [0.15, 0.2) is 9.84 Å². The molecule has 0 aliphatic rings. The number of thiophene rings is 1. The van der Waals surface area contributed by atoms with Crippen LogP contribution >= 0.6 is 27.3 Å². The predicted molar refractivity (Wildman–Crippen MR) is 67.8 cm³/mol. The zero-order valence-corrected chi connectivity index (χ0v) is 11.7. The van der Waals surface area contributed by atoms with Crippen molar-refractivity contribution in [2.75, 3.05) is 5.75 Å². The third-order valence-electron chi connectivity index (χ3n) is 1.93. The van der Waals surface area contributed by atoms with Crippen LogP contribution in [0.25, 0.3) is 0 Å².